The molecule has 0 saturated carbocycles. The van der Waals surface area contributed by atoms with E-state index in [1.165, 1.54) is 31.2 Å². The molecule has 0 amide bonds. The maximum atomic E-state index is 6.23. The van der Waals surface area contributed by atoms with Gasteiger partial charge in [0.05, 0.1) is 7.11 Å². The highest BCUT2D eigenvalue weighted by atomic mass is 16.5. The van der Waals surface area contributed by atoms with E-state index in [0.717, 1.165) is 18.7 Å². The largest absolute Gasteiger partial charge is 0.497 e. The van der Waals surface area contributed by atoms with E-state index in [4.69, 9.17) is 10.5 Å². The molecule has 0 spiro atoms. The highest BCUT2D eigenvalue weighted by Gasteiger charge is 2.15. The molecule has 3 N–H and O–H groups in total. The van der Waals surface area contributed by atoms with Gasteiger partial charge in [-0.15, -0.1) is 0 Å². The number of methoxy groups -OCH3 is 1. The number of rotatable bonds is 10. The summed E-state index contributed by atoms with van der Waals surface area (Å²) < 4.78 is 5.18. The van der Waals surface area contributed by atoms with Crippen molar-refractivity contribution in [2.24, 2.45) is 5.73 Å². The van der Waals surface area contributed by atoms with Crippen molar-refractivity contribution in [2.75, 3.05) is 7.11 Å². The SMILES string of the molecule is CCCCC[C@H](NCc1ccc(OC)cc1)[C@H](N)CC. The summed E-state index contributed by atoms with van der Waals surface area (Å²) in [6.45, 7) is 5.26. The van der Waals surface area contributed by atoms with Gasteiger partial charge in [0.2, 0.25) is 0 Å². The van der Waals surface area contributed by atoms with Gasteiger partial charge in [-0.3, -0.25) is 0 Å². The maximum absolute atomic E-state index is 6.23. The number of nitrogens with two attached hydrogens (primary N) is 1. The first-order valence-electron chi connectivity index (χ1n) is 7.83. The lowest BCUT2D eigenvalue weighted by atomic mass is 9.99. The van der Waals surface area contributed by atoms with Crippen molar-refractivity contribution in [2.45, 2.75) is 64.6 Å². The summed E-state index contributed by atoms with van der Waals surface area (Å²) in [5.74, 6) is 0.901. The van der Waals surface area contributed by atoms with Crippen molar-refractivity contribution in [1.82, 2.24) is 5.32 Å². The van der Waals surface area contributed by atoms with Gasteiger partial charge in [-0.1, -0.05) is 45.2 Å². The summed E-state index contributed by atoms with van der Waals surface area (Å²) in [6, 6.07) is 8.86. The smallest absolute Gasteiger partial charge is 0.118 e. The Morgan fingerprint density at radius 1 is 1.15 bits per heavy atom. The Balaban J connectivity index is 2.46. The Morgan fingerprint density at radius 2 is 1.85 bits per heavy atom. The standard InChI is InChI=1S/C17H30N2O/c1-4-6-7-8-17(16(18)5-2)19-13-14-9-11-15(20-3)12-10-14/h9-12,16-17,19H,4-8,13,18H2,1-3H3/t16-,17+/m1/s1. The van der Waals surface area contributed by atoms with E-state index in [9.17, 15) is 0 Å². The quantitative estimate of drug-likeness (QED) is 0.644. The third-order valence-corrected chi connectivity index (χ3v) is 3.83. The Bertz CT molecular complexity index is 351. The molecule has 0 unspecified atom stereocenters. The molecule has 0 aliphatic heterocycles. The van der Waals surface area contributed by atoms with Crippen molar-refractivity contribution >= 4 is 0 Å². The highest BCUT2D eigenvalue weighted by molar-refractivity contribution is 5.27. The number of hydrogen-bond acceptors (Lipinski definition) is 3. The van der Waals surface area contributed by atoms with Crippen LogP contribution in [-0.4, -0.2) is 19.2 Å². The van der Waals surface area contributed by atoms with Crippen LogP contribution in [0.4, 0.5) is 0 Å². The molecule has 0 aliphatic carbocycles. The zero-order valence-corrected chi connectivity index (χ0v) is 13.2. The van der Waals surface area contributed by atoms with Crippen LogP contribution in [0.15, 0.2) is 24.3 Å². The molecule has 3 heteroatoms. The van der Waals surface area contributed by atoms with Crippen LogP contribution in [0.2, 0.25) is 0 Å². The molecule has 1 rings (SSSR count). The second-order valence-corrected chi connectivity index (χ2v) is 5.40. The fourth-order valence-corrected chi connectivity index (χ4v) is 2.36. The van der Waals surface area contributed by atoms with Gasteiger partial charge in [0.15, 0.2) is 0 Å². The van der Waals surface area contributed by atoms with Gasteiger partial charge < -0.3 is 15.8 Å². The Labute approximate surface area is 123 Å². The van der Waals surface area contributed by atoms with Crippen molar-refractivity contribution < 1.29 is 4.74 Å². The van der Waals surface area contributed by atoms with Crippen LogP contribution in [-0.2, 0) is 6.54 Å². The molecule has 0 saturated heterocycles. The Kier molecular flexibility index (Phi) is 8.31. The van der Waals surface area contributed by atoms with Crippen molar-refractivity contribution in [3.05, 3.63) is 29.8 Å². The van der Waals surface area contributed by atoms with Crippen molar-refractivity contribution in [1.29, 1.82) is 0 Å². The van der Waals surface area contributed by atoms with Gasteiger partial charge in [-0.05, 0) is 30.5 Å². The molecule has 0 bridgehead atoms. The Hall–Kier alpha value is -1.06. The molecule has 1 aromatic rings. The molecule has 1 aromatic carbocycles. The normalized spacial score (nSPS) is 14.0. The number of benzene rings is 1. The van der Waals surface area contributed by atoms with E-state index in [2.05, 4.69) is 31.3 Å². The van der Waals surface area contributed by atoms with Crippen LogP contribution in [0.1, 0.15) is 51.5 Å². The summed E-state index contributed by atoms with van der Waals surface area (Å²) in [4.78, 5) is 0. The predicted octanol–water partition coefficient (Wildman–Crippen LogP) is 3.47. The van der Waals surface area contributed by atoms with Gasteiger partial charge >= 0.3 is 0 Å². The van der Waals surface area contributed by atoms with E-state index in [0.29, 0.717) is 6.04 Å². The number of ether oxygens (including phenoxy) is 1. The van der Waals surface area contributed by atoms with Gasteiger partial charge in [0.1, 0.15) is 5.75 Å². The lowest BCUT2D eigenvalue weighted by Crippen LogP contribution is -2.44. The monoisotopic (exact) mass is 278 g/mol. The molecule has 0 heterocycles. The molecule has 0 aromatic heterocycles. The minimum atomic E-state index is 0.241. The molecule has 2 atom stereocenters. The molecule has 20 heavy (non-hydrogen) atoms. The van der Waals surface area contributed by atoms with Gasteiger partial charge in [-0.25, -0.2) is 0 Å². The number of hydrogen-bond donors (Lipinski definition) is 2. The lowest BCUT2D eigenvalue weighted by molar-refractivity contribution is 0.383. The molecular formula is C17H30N2O. The number of nitrogens with one attached hydrogen (secondary N) is 1. The van der Waals surface area contributed by atoms with Crippen molar-refractivity contribution in [3.63, 3.8) is 0 Å². The van der Waals surface area contributed by atoms with E-state index in [1.54, 1.807) is 7.11 Å². The van der Waals surface area contributed by atoms with E-state index >= 15 is 0 Å². The van der Waals surface area contributed by atoms with Gasteiger partial charge in [-0.2, -0.15) is 0 Å². The molecule has 0 fully saturated rings. The fourth-order valence-electron chi connectivity index (χ4n) is 2.36. The fraction of sp³-hybridized carbons (Fsp3) is 0.647. The van der Waals surface area contributed by atoms with Crippen LogP contribution < -0.4 is 15.8 Å². The zero-order valence-electron chi connectivity index (χ0n) is 13.2. The number of unbranched alkanes of at least 4 members (excludes halogenated alkanes) is 2. The third kappa shape index (κ3) is 5.93. The minimum absolute atomic E-state index is 0.241. The lowest BCUT2D eigenvalue weighted by Gasteiger charge is -2.24. The van der Waals surface area contributed by atoms with E-state index in [-0.39, 0.29) is 6.04 Å². The van der Waals surface area contributed by atoms with E-state index in [1.807, 2.05) is 12.1 Å². The van der Waals surface area contributed by atoms with Crippen LogP contribution in [0.3, 0.4) is 0 Å². The molecule has 0 aliphatic rings. The van der Waals surface area contributed by atoms with Crippen molar-refractivity contribution in [3.8, 4) is 5.75 Å². The topological polar surface area (TPSA) is 47.3 Å². The van der Waals surface area contributed by atoms with Crippen LogP contribution in [0, 0.1) is 0 Å². The zero-order chi connectivity index (χ0) is 14.8. The predicted molar refractivity (Wildman–Crippen MR) is 86.0 cm³/mol. The second kappa shape index (κ2) is 9.78. The first-order chi connectivity index (χ1) is 9.71. The summed E-state index contributed by atoms with van der Waals surface area (Å²) in [7, 11) is 1.69. The van der Waals surface area contributed by atoms with Gasteiger partial charge in [0, 0.05) is 18.6 Å². The Morgan fingerprint density at radius 3 is 2.40 bits per heavy atom. The average Bonchev–Trinajstić information content (AvgIpc) is 2.50. The first kappa shape index (κ1) is 17.0. The molecule has 3 nitrogen and oxygen atoms in total. The van der Waals surface area contributed by atoms with Crippen LogP contribution >= 0.6 is 0 Å². The first-order valence-corrected chi connectivity index (χ1v) is 7.83. The van der Waals surface area contributed by atoms with Crippen LogP contribution in [0.5, 0.6) is 5.75 Å². The highest BCUT2D eigenvalue weighted by Crippen LogP contribution is 2.13. The summed E-state index contributed by atoms with van der Waals surface area (Å²) in [5, 5.41) is 3.62. The van der Waals surface area contributed by atoms with Gasteiger partial charge in [0.25, 0.3) is 0 Å². The molecule has 114 valence electrons. The van der Waals surface area contributed by atoms with E-state index < -0.39 is 0 Å². The third-order valence-electron chi connectivity index (χ3n) is 3.83. The summed E-state index contributed by atoms with van der Waals surface area (Å²) >= 11 is 0. The maximum Gasteiger partial charge on any atom is 0.118 e. The molecule has 0 radical (unpaired) electrons. The molecular weight excluding hydrogens is 248 g/mol. The minimum Gasteiger partial charge on any atom is -0.497 e. The summed E-state index contributed by atoms with van der Waals surface area (Å²) in [6.07, 6.45) is 5.99. The van der Waals surface area contributed by atoms with Crippen LogP contribution in [0.25, 0.3) is 0 Å². The average molecular weight is 278 g/mol. The summed E-state index contributed by atoms with van der Waals surface area (Å²) in [5.41, 5.74) is 7.50. The second-order valence-electron chi connectivity index (χ2n) is 5.40.